The van der Waals surface area contributed by atoms with Crippen LogP contribution in [0.1, 0.15) is 31.9 Å². The fraction of sp³-hybridized carbons (Fsp3) is 0.417. The van der Waals surface area contributed by atoms with E-state index in [2.05, 4.69) is 9.97 Å². The van der Waals surface area contributed by atoms with Crippen molar-refractivity contribution < 1.29 is 4.42 Å². The van der Waals surface area contributed by atoms with Gasteiger partial charge in [0.2, 0.25) is 0 Å². The summed E-state index contributed by atoms with van der Waals surface area (Å²) >= 11 is 0. The molecule has 2 aromatic rings. The highest BCUT2D eigenvalue weighted by molar-refractivity contribution is 5.51. The van der Waals surface area contributed by atoms with Gasteiger partial charge in [-0.2, -0.15) is 0 Å². The van der Waals surface area contributed by atoms with E-state index < -0.39 is 5.54 Å². The summed E-state index contributed by atoms with van der Waals surface area (Å²) in [6.45, 7) is 5.92. The molecule has 0 aromatic carbocycles. The van der Waals surface area contributed by atoms with E-state index in [0.717, 1.165) is 29.5 Å². The van der Waals surface area contributed by atoms with Crippen molar-refractivity contribution in [3.63, 3.8) is 0 Å². The van der Waals surface area contributed by atoms with Gasteiger partial charge in [0.05, 0.1) is 11.7 Å². The van der Waals surface area contributed by atoms with Crippen molar-refractivity contribution in [3.05, 3.63) is 29.9 Å². The predicted molar refractivity (Wildman–Crippen MR) is 62.9 cm³/mol. The van der Waals surface area contributed by atoms with Crippen molar-refractivity contribution >= 4 is 0 Å². The molecule has 0 aliphatic carbocycles. The van der Waals surface area contributed by atoms with Gasteiger partial charge in [-0.05, 0) is 32.4 Å². The van der Waals surface area contributed by atoms with Crippen molar-refractivity contribution in [3.8, 4) is 11.5 Å². The van der Waals surface area contributed by atoms with Crippen LogP contribution in [0, 0.1) is 6.92 Å². The summed E-state index contributed by atoms with van der Waals surface area (Å²) in [5, 5.41) is 0. The van der Waals surface area contributed by atoms with Gasteiger partial charge < -0.3 is 15.1 Å². The maximum absolute atomic E-state index is 6.11. The number of hydrogen-bond donors (Lipinski definition) is 2. The third-order valence-electron chi connectivity index (χ3n) is 2.86. The van der Waals surface area contributed by atoms with Gasteiger partial charge in [-0.25, -0.2) is 4.98 Å². The van der Waals surface area contributed by atoms with Gasteiger partial charge in [-0.3, -0.25) is 0 Å². The fourth-order valence-electron chi connectivity index (χ4n) is 1.48. The van der Waals surface area contributed by atoms with E-state index >= 15 is 0 Å². The van der Waals surface area contributed by atoms with Crippen molar-refractivity contribution in [1.29, 1.82) is 0 Å². The highest BCUT2D eigenvalue weighted by Gasteiger charge is 2.22. The van der Waals surface area contributed by atoms with E-state index in [1.54, 1.807) is 6.20 Å². The minimum absolute atomic E-state index is 0.417. The first-order valence-corrected chi connectivity index (χ1v) is 5.44. The minimum atomic E-state index is -0.417. The molecule has 0 bridgehead atoms. The maximum Gasteiger partial charge on any atom is 0.152 e. The fourth-order valence-corrected chi connectivity index (χ4v) is 1.48. The quantitative estimate of drug-likeness (QED) is 0.833. The Bertz CT molecular complexity index is 482. The number of imidazole rings is 1. The Balaban J connectivity index is 2.33. The number of hydrogen-bond acceptors (Lipinski definition) is 3. The van der Waals surface area contributed by atoms with Crippen LogP contribution in [0.2, 0.25) is 0 Å². The van der Waals surface area contributed by atoms with Crippen LogP contribution in [0.3, 0.4) is 0 Å². The van der Waals surface area contributed by atoms with Gasteiger partial charge >= 0.3 is 0 Å². The lowest BCUT2D eigenvalue weighted by molar-refractivity contribution is 0.449. The summed E-state index contributed by atoms with van der Waals surface area (Å²) in [6, 6.07) is 3.85. The Morgan fingerprint density at radius 3 is 2.81 bits per heavy atom. The van der Waals surface area contributed by atoms with E-state index in [1.807, 2.05) is 32.9 Å². The largest absolute Gasteiger partial charge is 0.460 e. The number of aryl methyl sites for hydroxylation is 1. The first-order valence-electron chi connectivity index (χ1n) is 5.44. The van der Waals surface area contributed by atoms with Crippen molar-refractivity contribution in [2.45, 2.75) is 32.7 Å². The molecule has 2 rings (SSSR count). The molecular weight excluding hydrogens is 202 g/mol. The lowest BCUT2D eigenvalue weighted by atomic mass is 10.0. The van der Waals surface area contributed by atoms with Crippen molar-refractivity contribution in [2.75, 3.05) is 0 Å². The Morgan fingerprint density at radius 1 is 1.50 bits per heavy atom. The number of aromatic amines is 1. The summed E-state index contributed by atoms with van der Waals surface area (Å²) in [5.74, 6) is 2.47. The minimum Gasteiger partial charge on any atom is -0.460 e. The molecule has 0 saturated carbocycles. The molecule has 0 fully saturated rings. The third-order valence-corrected chi connectivity index (χ3v) is 2.86. The number of aromatic nitrogens is 2. The zero-order chi connectivity index (χ0) is 11.8. The average molecular weight is 219 g/mol. The molecule has 86 valence electrons. The molecule has 0 saturated heterocycles. The molecule has 0 aliphatic heterocycles. The predicted octanol–water partition coefficient (Wildman–Crippen LogP) is 2.56. The van der Waals surface area contributed by atoms with Gasteiger partial charge in [0.1, 0.15) is 17.3 Å². The van der Waals surface area contributed by atoms with Crippen LogP contribution in [0.5, 0.6) is 0 Å². The molecule has 0 amide bonds. The molecule has 16 heavy (non-hydrogen) atoms. The first-order chi connectivity index (χ1) is 7.53. The van der Waals surface area contributed by atoms with Gasteiger partial charge in [0, 0.05) is 0 Å². The number of furan rings is 1. The molecule has 1 atom stereocenters. The van der Waals surface area contributed by atoms with Crippen LogP contribution in [-0.2, 0) is 5.54 Å². The lowest BCUT2D eigenvalue weighted by Gasteiger charge is -2.19. The van der Waals surface area contributed by atoms with Crippen LogP contribution in [-0.4, -0.2) is 9.97 Å². The second-order valence-corrected chi connectivity index (χ2v) is 4.33. The van der Waals surface area contributed by atoms with Crippen molar-refractivity contribution in [2.24, 2.45) is 5.73 Å². The summed E-state index contributed by atoms with van der Waals surface area (Å²) in [4.78, 5) is 7.51. The van der Waals surface area contributed by atoms with E-state index in [0.29, 0.717) is 0 Å². The third kappa shape index (κ3) is 1.88. The zero-order valence-electron chi connectivity index (χ0n) is 9.87. The van der Waals surface area contributed by atoms with Crippen LogP contribution < -0.4 is 5.73 Å². The van der Waals surface area contributed by atoms with E-state index in [4.69, 9.17) is 10.2 Å². The highest BCUT2D eigenvalue weighted by Crippen LogP contribution is 2.24. The Hall–Kier alpha value is -1.55. The summed E-state index contributed by atoms with van der Waals surface area (Å²) < 4.78 is 5.52. The van der Waals surface area contributed by atoms with Gasteiger partial charge in [0.15, 0.2) is 5.76 Å². The van der Waals surface area contributed by atoms with Crippen LogP contribution in [0.15, 0.2) is 22.7 Å². The SMILES string of the molecule is CCC(C)(N)c1ncc(-c2ccc(C)o2)[nH]1. The highest BCUT2D eigenvalue weighted by atomic mass is 16.3. The molecule has 0 spiro atoms. The number of nitrogens with one attached hydrogen (secondary N) is 1. The number of nitrogens with two attached hydrogens (primary N) is 1. The van der Waals surface area contributed by atoms with E-state index in [-0.39, 0.29) is 0 Å². The molecule has 4 nitrogen and oxygen atoms in total. The summed E-state index contributed by atoms with van der Waals surface area (Å²) in [6.07, 6.45) is 2.59. The van der Waals surface area contributed by atoms with Crippen LogP contribution >= 0.6 is 0 Å². The van der Waals surface area contributed by atoms with Gasteiger partial charge in [-0.15, -0.1) is 0 Å². The number of rotatable bonds is 3. The standard InChI is InChI=1S/C12H17N3O/c1-4-12(3,13)11-14-7-9(15-11)10-6-5-8(2)16-10/h5-7H,4,13H2,1-3H3,(H,14,15). The van der Waals surface area contributed by atoms with Crippen LogP contribution in [0.4, 0.5) is 0 Å². The summed E-state index contributed by atoms with van der Waals surface area (Å²) in [7, 11) is 0. The van der Waals surface area contributed by atoms with Crippen LogP contribution in [0.25, 0.3) is 11.5 Å². The molecule has 1 unspecified atom stereocenters. The van der Waals surface area contributed by atoms with Crippen molar-refractivity contribution in [1.82, 2.24) is 9.97 Å². The molecular formula is C12H17N3O. The smallest absolute Gasteiger partial charge is 0.152 e. The molecule has 0 radical (unpaired) electrons. The Labute approximate surface area is 94.9 Å². The second kappa shape index (κ2) is 3.79. The Kier molecular flexibility index (Phi) is 2.59. The first kappa shape index (κ1) is 11.0. The Morgan fingerprint density at radius 2 is 2.25 bits per heavy atom. The molecule has 4 heteroatoms. The molecule has 3 N–H and O–H groups in total. The van der Waals surface area contributed by atoms with E-state index in [1.165, 1.54) is 0 Å². The van der Waals surface area contributed by atoms with Gasteiger partial charge in [0.25, 0.3) is 0 Å². The van der Waals surface area contributed by atoms with Gasteiger partial charge in [-0.1, -0.05) is 6.92 Å². The maximum atomic E-state index is 6.11. The number of nitrogens with zero attached hydrogens (tertiary/aromatic N) is 1. The summed E-state index contributed by atoms with van der Waals surface area (Å²) in [5.41, 5.74) is 6.56. The van der Waals surface area contributed by atoms with E-state index in [9.17, 15) is 0 Å². The molecule has 2 aromatic heterocycles. The monoisotopic (exact) mass is 219 g/mol. The zero-order valence-corrected chi connectivity index (χ0v) is 9.87. The molecule has 2 heterocycles. The second-order valence-electron chi connectivity index (χ2n) is 4.33. The topological polar surface area (TPSA) is 67.8 Å². The number of H-pyrrole nitrogens is 1. The average Bonchev–Trinajstić information content (AvgIpc) is 2.85. The molecule has 0 aliphatic rings. The normalized spacial score (nSPS) is 15.0. The lowest BCUT2D eigenvalue weighted by Crippen LogP contribution is -2.33.